The van der Waals surface area contributed by atoms with E-state index >= 15 is 0 Å². The van der Waals surface area contributed by atoms with E-state index in [-0.39, 0.29) is 23.6 Å². The molecule has 2 atom stereocenters. The van der Waals surface area contributed by atoms with Gasteiger partial charge in [0.1, 0.15) is 5.75 Å². The molecular formula is C27H32F3N3O3. The lowest BCUT2D eigenvalue weighted by atomic mass is 9.70. The average Bonchev–Trinajstić information content (AvgIpc) is 3.07. The summed E-state index contributed by atoms with van der Waals surface area (Å²) in [4.78, 5) is 16.0. The fraction of sp³-hybridized carbons (Fsp3) is 0.481. The van der Waals surface area contributed by atoms with E-state index < -0.39 is 12.3 Å². The third kappa shape index (κ3) is 6.12. The second-order valence-corrected chi connectivity index (χ2v) is 10.7. The first-order chi connectivity index (χ1) is 16.8. The molecule has 1 unspecified atom stereocenters. The molecule has 0 saturated heterocycles. The van der Waals surface area contributed by atoms with Crippen LogP contribution in [0.1, 0.15) is 63.6 Å². The van der Waals surface area contributed by atoms with Gasteiger partial charge in [-0.2, -0.15) is 0 Å². The van der Waals surface area contributed by atoms with E-state index in [0.717, 1.165) is 41.4 Å². The number of nitrogens with one attached hydrogen (secondary N) is 1. The Morgan fingerprint density at radius 2 is 1.92 bits per heavy atom. The number of hydrogen-bond acceptors (Lipinski definition) is 4. The van der Waals surface area contributed by atoms with E-state index in [4.69, 9.17) is 10.1 Å². The Morgan fingerprint density at radius 1 is 1.22 bits per heavy atom. The van der Waals surface area contributed by atoms with E-state index in [0.29, 0.717) is 24.0 Å². The number of anilines is 2. The number of ether oxygens (including phenoxy) is 1. The number of carbonyl (C=O) groups is 1. The summed E-state index contributed by atoms with van der Waals surface area (Å²) in [5.74, 6) is -0.000164. The van der Waals surface area contributed by atoms with Gasteiger partial charge in [-0.3, -0.25) is 4.79 Å². The molecule has 1 fully saturated rings. The standard InChI is InChI=1S/C27H32F3N3O3/c1-16-11-20(15-26(3,4)14-16)33-23-12-17(2)18(5-10-24(34)35)13-22(23)32-25(33)31-19-6-8-21(9-7-19)36-27(28,29)30/h6-9,12-13,16,20H,5,10-11,14-15H2,1-4H3,(H,31,32)(H,34,35)/t16-,20?/m0/s1. The predicted octanol–water partition coefficient (Wildman–Crippen LogP) is 7.39. The molecule has 1 aliphatic carbocycles. The van der Waals surface area contributed by atoms with Crippen molar-refractivity contribution in [2.45, 2.75) is 72.2 Å². The Balaban J connectivity index is 1.74. The van der Waals surface area contributed by atoms with Crippen molar-refractivity contribution in [2.24, 2.45) is 11.3 Å². The van der Waals surface area contributed by atoms with E-state index in [1.807, 2.05) is 13.0 Å². The molecule has 0 radical (unpaired) electrons. The molecule has 1 aromatic heterocycles. The zero-order chi connectivity index (χ0) is 26.3. The molecule has 6 nitrogen and oxygen atoms in total. The molecule has 0 amide bonds. The number of benzene rings is 2. The number of imidazole rings is 1. The minimum atomic E-state index is -4.75. The summed E-state index contributed by atoms with van der Waals surface area (Å²) in [6.07, 6.45) is -1.20. The van der Waals surface area contributed by atoms with Crippen molar-refractivity contribution in [3.05, 3.63) is 47.5 Å². The van der Waals surface area contributed by atoms with Crippen molar-refractivity contribution < 1.29 is 27.8 Å². The first-order valence-electron chi connectivity index (χ1n) is 12.2. The third-order valence-corrected chi connectivity index (χ3v) is 6.83. The average molecular weight is 504 g/mol. The molecule has 0 bridgehead atoms. The normalized spacial score (nSPS) is 19.9. The maximum absolute atomic E-state index is 12.5. The number of carboxylic acids is 1. The maximum atomic E-state index is 12.5. The summed E-state index contributed by atoms with van der Waals surface area (Å²) >= 11 is 0. The van der Waals surface area contributed by atoms with E-state index in [1.54, 1.807) is 0 Å². The summed E-state index contributed by atoms with van der Waals surface area (Å²) in [6, 6.07) is 9.80. The lowest BCUT2D eigenvalue weighted by Crippen LogP contribution is -2.29. The van der Waals surface area contributed by atoms with Gasteiger partial charge in [0.25, 0.3) is 0 Å². The van der Waals surface area contributed by atoms with Crippen LogP contribution in [0.15, 0.2) is 36.4 Å². The summed E-state index contributed by atoms with van der Waals surface area (Å²) in [7, 11) is 0. The van der Waals surface area contributed by atoms with Crippen molar-refractivity contribution in [1.29, 1.82) is 0 Å². The van der Waals surface area contributed by atoms with Crippen LogP contribution in [-0.4, -0.2) is 27.0 Å². The molecule has 1 aliphatic rings. The number of nitrogens with zero attached hydrogens (tertiary/aromatic N) is 2. The van der Waals surface area contributed by atoms with Crippen LogP contribution < -0.4 is 10.1 Å². The number of halogens is 3. The lowest BCUT2D eigenvalue weighted by Gasteiger charge is -2.40. The highest BCUT2D eigenvalue weighted by Crippen LogP contribution is 2.46. The van der Waals surface area contributed by atoms with Crippen molar-refractivity contribution >= 4 is 28.6 Å². The van der Waals surface area contributed by atoms with Crippen LogP contribution in [0.3, 0.4) is 0 Å². The number of aromatic nitrogens is 2. The Hall–Kier alpha value is -3.23. The number of fused-ring (bicyclic) bond motifs is 1. The second kappa shape index (κ2) is 9.67. The number of aliphatic carboxylic acids is 1. The number of rotatable bonds is 7. The quantitative estimate of drug-likeness (QED) is 0.352. The molecule has 2 N–H and O–H groups in total. The molecule has 1 saturated carbocycles. The fourth-order valence-electron chi connectivity index (χ4n) is 5.62. The molecule has 194 valence electrons. The molecule has 1 heterocycles. The number of aryl methyl sites for hydroxylation is 2. The smallest absolute Gasteiger partial charge is 0.481 e. The highest BCUT2D eigenvalue weighted by Gasteiger charge is 2.35. The van der Waals surface area contributed by atoms with Gasteiger partial charge in [-0.25, -0.2) is 4.98 Å². The molecule has 9 heteroatoms. The largest absolute Gasteiger partial charge is 0.573 e. The highest BCUT2D eigenvalue weighted by molar-refractivity contribution is 5.82. The first kappa shape index (κ1) is 25.9. The van der Waals surface area contributed by atoms with Gasteiger partial charge in [-0.1, -0.05) is 20.8 Å². The van der Waals surface area contributed by atoms with E-state index in [1.165, 1.54) is 24.3 Å². The zero-order valence-corrected chi connectivity index (χ0v) is 20.9. The SMILES string of the molecule is Cc1cc2c(cc1CCC(=O)O)nc(Nc1ccc(OC(F)(F)F)cc1)n2C1C[C@H](C)CC(C)(C)C1. The number of hydrogen-bond donors (Lipinski definition) is 2. The fourth-order valence-corrected chi connectivity index (χ4v) is 5.62. The van der Waals surface area contributed by atoms with E-state index in [2.05, 4.69) is 41.5 Å². The second-order valence-electron chi connectivity index (χ2n) is 10.7. The van der Waals surface area contributed by atoms with Gasteiger partial charge in [0.05, 0.1) is 11.0 Å². The summed E-state index contributed by atoms with van der Waals surface area (Å²) in [5.41, 5.74) is 4.41. The first-order valence-corrected chi connectivity index (χ1v) is 12.2. The minimum Gasteiger partial charge on any atom is -0.481 e. The van der Waals surface area contributed by atoms with Crippen LogP contribution in [-0.2, 0) is 11.2 Å². The third-order valence-electron chi connectivity index (χ3n) is 6.83. The summed E-state index contributed by atoms with van der Waals surface area (Å²) < 4.78 is 43.8. The maximum Gasteiger partial charge on any atom is 0.573 e. The Kier molecular flexibility index (Phi) is 6.94. The van der Waals surface area contributed by atoms with Crippen LogP contribution in [0, 0.1) is 18.3 Å². The van der Waals surface area contributed by atoms with Crippen molar-refractivity contribution in [1.82, 2.24) is 9.55 Å². The predicted molar refractivity (Wildman–Crippen MR) is 133 cm³/mol. The van der Waals surface area contributed by atoms with Gasteiger partial charge < -0.3 is 19.7 Å². The highest BCUT2D eigenvalue weighted by atomic mass is 19.4. The minimum absolute atomic E-state index is 0.0405. The van der Waals surface area contributed by atoms with Crippen molar-refractivity contribution in [3.8, 4) is 5.75 Å². The van der Waals surface area contributed by atoms with Crippen LogP contribution in [0.2, 0.25) is 0 Å². The van der Waals surface area contributed by atoms with Crippen LogP contribution in [0.5, 0.6) is 5.75 Å². The van der Waals surface area contributed by atoms with E-state index in [9.17, 15) is 18.0 Å². The van der Waals surface area contributed by atoms with Crippen molar-refractivity contribution in [3.63, 3.8) is 0 Å². The van der Waals surface area contributed by atoms with Gasteiger partial charge in [0.2, 0.25) is 5.95 Å². The molecule has 3 aromatic rings. The van der Waals surface area contributed by atoms with Crippen LogP contribution in [0.4, 0.5) is 24.8 Å². The Morgan fingerprint density at radius 3 is 2.53 bits per heavy atom. The van der Waals surface area contributed by atoms with Crippen LogP contribution in [0.25, 0.3) is 11.0 Å². The molecule has 0 aliphatic heterocycles. The van der Waals surface area contributed by atoms with Gasteiger partial charge in [-0.05, 0) is 91.5 Å². The molecule has 4 rings (SSSR count). The summed E-state index contributed by atoms with van der Waals surface area (Å²) in [5, 5.41) is 12.4. The number of alkyl halides is 3. The topological polar surface area (TPSA) is 76.4 Å². The molecule has 36 heavy (non-hydrogen) atoms. The zero-order valence-electron chi connectivity index (χ0n) is 20.9. The molecule has 2 aromatic carbocycles. The monoisotopic (exact) mass is 503 g/mol. The van der Waals surface area contributed by atoms with Gasteiger partial charge in [0, 0.05) is 18.2 Å². The van der Waals surface area contributed by atoms with Crippen LogP contribution >= 0.6 is 0 Å². The lowest BCUT2D eigenvalue weighted by molar-refractivity contribution is -0.274. The Bertz CT molecular complexity index is 1250. The van der Waals surface area contributed by atoms with Gasteiger partial charge in [0.15, 0.2) is 0 Å². The molecular weight excluding hydrogens is 471 g/mol. The van der Waals surface area contributed by atoms with Gasteiger partial charge in [-0.15, -0.1) is 13.2 Å². The molecule has 0 spiro atoms. The van der Waals surface area contributed by atoms with Gasteiger partial charge >= 0.3 is 12.3 Å². The Labute approximate surface area is 208 Å². The number of carboxylic acid groups (broad SMARTS) is 1. The summed E-state index contributed by atoms with van der Waals surface area (Å²) in [6.45, 7) is 8.79. The van der Waals surface area contributed by atoms with Crippen molar-refractivity contribution in [2.75, 3.05) is 5.32 Å².